The van der Waals surface area contributed by atoms with E-state index in [-0.39, 0.29) is 17.8 Å². The van der Waals surface area contributed by atoms with Crippen LogP contribution in [0.2, 0.25) is 0 Å². The predicted octanol–water partition coefficient (Wildman–Crippen LogP) is 3.20. The SMILES string of the molecule is CC(C)(C)[C@@H](NC(=O)N1CCOCC1)C(=O)N1CCC[C@H]1C(=O)Nc1nc(-c2ccccc2)cs1. The second-order valence-corrected chi connectivity index (χ2v) is 10.8. The maximum absolute atomic E-state index is 13.6. The first-order chi connectivity index (χ1) is 16.7. The number of aromatic nitrogens is 1. The minimum absolute atomic E-state index is 0.235. The van der Waals surface area contributed by atoms with Crippen molar-refractivity contribution in [2.75, 3.05) is 38.2 Å². The molecule has 2 aliphatic rings. The van der Waals surface area contributed by atoms with Gasteiger partial charge in [-0.25, -0.2) is 9.78 Å². The molecule has 0 bridgehead atoms. The van der Waals surface area contributed by atoms with Crippen LogP contribution in [0.1, 0.15) is 33.6 Å². The molecule has 2 aromatic rings. The van der Waals surface area contributed by atoms with Gasteiger partial charge in [0.15, 0.2) is 5.13 Å². The van der Waals surface area contributed by atoms with Crippen molar-refractivity contribution in [1.29, 1.82) is 0 Å². The summed E-state index contributed by atoms with van der Waals surface area (Å²) in [4.78, 5) is 47.5. The summed E-state index contributed by atoms with van der Waals surface area (Å²) in [7, 11) is 0. The number of ether oxygens (including phenoxy) is 1. The zero-order valence-corrected chi connectivity index (χ0v) is 21.3. The molecule has 2 fully saturated rings. The molecule has 2 saturated heterocycles. The number of urea groups is 1. The Hall–Kier alpha value is -2.98. The van der Waals surface area contributed by atoms with Crippen LogP contribution in [-0.4, -0.2) is 77.6 Å². The number of carbonyl (C=O) groups excluding carboxylic acids is 3. The highest BCUT2D eigenvalue weighted by Gasteiger charge is 2.42. The van der Waals surface area contributed by atoms with E-state index in [1.807, 2.05) is 56.5 Å². The lowest BCUT2D eigenvalue weighted by Crippen LogP contribution is -2.59. The molecule has 0 saturated carbocycles. The van der Waals surface area contributed by atoms with Crippen LogP contribution in [0.4, 0.5) is 9.93 Å². The molecule has 35 heavy (non-hydrogen) atoms. The Balaban J connectivity index is 1.44. The maximum atomic E-state index is 13.6. The number of amides is 4. The Kier molecular flexibility index (Phi) is 7.71. The molecule has 3 heterocycles. The van der Waals surface area contributed by atoms with E-state index < -0.39 is 17.5 Å². The zero-order chi connectivity index (χ0) is 25.0. The maximum Gasteiger partial charge on any atom is 0.318 e. The van der Waals surface area contributed by atoms with Crippen molar-refractivity contribution in [2.45, 2.75) is 45.7 Å². The summed E-state index contributed by atoms with van der Waals surface area (Å²) in [5.41, 5.74) is 1.25. The van der Waals surface area contributed by atoms with E-state index in [2.05, 4.69) is 15.6 Å². The fourth-order valence-corrected chi connectivity index (χ4v) is 5.08. The van der Waals surface area contributed by atoms with Gasteiger partial charge >= 0.3 is 6.03 Å². The lowest BCUT2D eigenvalue weighted by atomic mass is 9.85. The number of rotatable bonds is 5. The summed E-state index contributed by atoms with van der Waals surface area (Å²) in [6, 6.07) is 8.13. The van der Waals surface area contributed by atoms with Gasteiger partial charge in [-0.1, -0.05) is 51.1 Å². The van der Waals surface area contributed by atoms with Gasteiger partial charge in [-0.05, 0) is 18.3 Å². The molecule has 1 aromatic heterocycles. The quantitative estimate of drug-likeness (QED) is 0.658. The topological polar surface area (TPSA) is 104 Å². The highest BCUT2D eigenvalue weighted by molar-refractivity contribution is 7.14. The smallest absolute Gasteiger partial charge is 0.318 e. The van der Waals surface area contributed by atoms with Gasteiger partial charge in [0.2, 0.25) is 11.8 Å². The molecule has 2 aliphatic heterocycles. The van der Waals surface area contributed by atoms with Crippen molar-refractivity contribution in [1.82, 2.24) is 20.1 Å². The highest BCUT2D eigenvalue weighted by atomic mass is 32.1. The van der Waals surface area contributed by atoms with E-state index in [9.17, 15) is 14.4 Å². The third kappa shape index (κ3) is 5.99. The molecule has 0 aliphatic carbocycles. The van der Waals surface area contributed by atoms with Crippen LogP contribution in [0.15, 0.2) is 35.7 Å². The summed E-state index contributed by atoms with van der Waals surface area (Å²) in [5, 5.41) is 8.23. The second-order valence-electron chi connectivity index (χ2n) is 9.93. The van der Waals surface area contributed by atoms with Crippen LogP contribution in [0.25, 0.3) is 11.3 Å². The minimum Gasteiger partial charge on any atom is -0.378 e. The molecule has 188 valence electrons. The Morgan fingerprint density at radius 1 is 1.11 bits per heavy atom. The Labute approximate surface area is 209 Å². The third-order valence-electron chi connectivity index (χ3n) is 6.32. The van der Waals surface area contributed by atoms with Crippen molar-refractivity contribution >= 4 is 34.3 Å². The first-order valence-corrected chi connectivity index (χ1v) is 12.9. The number of thiazole rings is 1. The predicted molar refractivity (Wildman–Crippen MR) is 135 cm³/mol. The van der Waals surface area contributed by atoms with Crippen molar-refractivity contribution in [3.63, 3.8) is 0 Å². The molecule has 4 amide bonds. The van der Waals surface area contributed by atoms with Gasteiger partial charge in [0, 0.05) is 30.6 Å². The first kappa shape index (κ1) is 25.1. The number of anilines is 1. The molecule has 9 nitrogen and oxygen atoms in total. The number of nitrogens with zero attached hydrogens (tertiary/aromatic N) is 3. The zero-order valence-electron chi connectivity index (χ0n) is 20.5. The summed E-state index contributed by atoms with van der Waals surface area (Å²) < 4.78 is 5.32. The van der Waals surface area contributed by atoms with Gasteiger partial charge in [0.1, 0.15) is 12.1 Å². The summed E-state index contributed by atoms with van der Waals surface area (Å²) >= 11 is 1.36. The fraction of sp³-hybridized carbons (Fsp3) is 0.520. The molecule has 10 heteroatoms. The molecule has 2 N–H and O–H groups in total. The molecule has 2 atom stereocenters. The summed E-state index contributed by atoms with van der Waals surface area (Å²) in [6.45, 7) is 8.18. The summed E-state index contributed by atoms with van der Waals surface area (Å²) in [6.07, 6.45) is 1.30. The lowest BCUT2D eigenvalue weighted by Gasteiger charge is -2.37. The number of hydrogen-bond donors (Lipinski definition) is 2. The van der Waals surface area contributed by atoms with E-state index in [1.165, 1.54) is 11.3 Å². The Morgan fingerprint density at radius 3 is 2.51 bits per heavy atom. The van der Waals surface area contributed by atoms with Gasteiger partial charge in [-0.3, -0.25) is 9.59 Å². The van der Waals surface area contributed by atoms with Crippen LogP contribution in [0, 0.1) is 5.41 Å². The van der Waals surface area contributed by atoms with Crippen molar-refractivity contribution in [2.24, 2.45) is 5.41 Å². The van der Waals surface area contributed by atoms with Gasteiger partial charge in [0.05, 0.1) is 18.9 Å². The normalized spacial score (nSPS) is 19.3. The van der Waals surface area contributed by atoms with E-state index in [0.717, 1.165) is 17.7 Å². The minimum atomic E-state index is -0.754. The molecular weight excluding hydrogens is 466 g/mol. The molecule has 4 rings (SSSR count). The van der Waals surface area contributed by atoms with Crippen LogP contribution in [-0.2, 0) is 14.3 Å². The average molecular weight is 500 g/mol. The van der Waals surface area contributed by atoms with Gasteiger partial charge in [-0.15, -0.1) is 11.3 Å². The van der Waals surface area contributed by atoms with Gasteiger partial charge in [0.25, 0.3) is 0 Å². The number of benzene rings is 1. The molecule has 0 unspecified atom stereocenters. The highest BCUT2D eigenvalue weighted by Crippen LogP contribution is 2.28. The van der Waals surface area contributed by atoms with E-state index in [1.54, 1.807) is 9.80 Å². The van der Waals surface area contributed by atoms with Gasteiger partial charge in [-0.2, -0.15) is 0 Å². The standard InChI is InChI=1S/C25H33N5O4S/c1-25(2,3)20(27-24(33)29-12-14-34-15-13-29)22(32)30-11-7-10-19(30)21(31)28-23-26-18(16-35-23)17-8-5-4-6-9-17/h4-6,8-9,16,19-20H,7,10-15H2,1-3H3,(H,27,33)(H,26,28,31)/t19-,20-/m0/s1. The number of nitrogens with one attached hydrogen (secondary N) is 2. The van der Waals surface area contributed by atoms with Crippen molar-refractivity contribution < 1.29 is 19.1 Å². The molecule has 0 spiro atoms. The first-order valence-electron chi connectivity index (χ1n) is 12.0. The number of carbonyl (C=O) groups is 3. The summed E-state index contributed by atoms with van der Waals surface area (Å²) in [5.74, 6) is -0.488. The van der Waals surface area contributed by atoms with Crippen LogP contribution in [0.5, 0.6) is 0 Å². The van der Waals surface area contributed by atoms with Crippen LogP contribution in [0.3, 0.4) is 0 Å². The Morgan fingerprint density at radius 2 is 1.83 bits per heavy atom. The van der Waals surface area contributed by atoms with Crippen LogP contribution < -0.4 is 10.6 Å². The van der Waals surface area contributed by atoms with Gasteiger partial charge < -0.3 is 25.2 Å². The molecule has 0 radical (unpaired) electrons. The number of likely N-dealkylation sites (tertiary alicyclic amines) is 1. The third-order valence-corrected chi connectivity index (χ3v) is 7.08. The number of hydrogen-bond acceptors (Lipinski definition) is 6. The molecule has 1 aromatic carbocycles. The average Bonchev–Trinajstić information content (AvgIpc) is 3.52. The van der Waals surface area contributed by atoms with Crippen molar-refractivity contribution in [3.05, 3.63) is 35.7 Å². The van der Waals surface area contributed by atoms with E-state index >= 15 is 0 Å². The van der Waals surface area contributed by atoms with Crippen LogP contribution >= 0.6 is 11.3 Å². The lowest BCUT2D eigenvalue weighted by molar-refractivity contribution is -0.140. The van der Waals surface area contributed by atoms with E-state index in [4.69, 9.17) is 4.74 Å². The molecular formula is C25H33N5O4S. The fourth-order valence-electron chi connectivity index (χ4n) is 4.36. The number of morpholine rings is 1. The van der Waals surface area contributed by atoms with Crippen molar-refractivity contribution in [3.8, 4) is 11.3 Å². The Bertz CT molecular complexity index is 1050. The monoisotopic (exact) mass is 499 g/mol. The largest absolute Gasteiger partial charge is 0.378 e. The van der Waals surface area contributed by atoms with E-state index in [0.29, 0.717) is 44.4 Å². The second kappa shape index (κ2) is 10.7.